The predicted octanol–water partition coefficient (Wildman–Crippen LogP) is 3.36. The summed E-state index contributed by atoms with van der Waals surface area (Å²) in [5, 5.41) is 2.86. The average molecular weight is 331 g/mol. The Balaban J connectivity index is 2.27. The maximum atomic E-state index is 12.5. The lowest BCUT2D eigenvalue weighted by atomic mass is 10.1. The zero-order valence-corrected chi connectivity index (χ0v) is 14.1. The van der Waals surface area contributed by atoms with Crippen LogP contribution in [-0.2, 0) is 9.84 Å². The second-order valence-electron chi connectivity index (χ2n) is 5.42. The van der Waals surface area contributed by atoms with Gasteiger partial charge in [0.2, 0.25) is 0 Å². The van der Waals surface area contributed by atoms with Crippen molar-refractivity contribution < 1.29 is 13.2 Å². The molecule has 4 nitrogen and oxygen atoms in total. The molecule has 0 aliphatic heterocycles. The maximum absolute atomic E-state index is 12.5. The smallest absolute Gasteiger partial charge is 0.253 e. The molecule has 0 aliphatic carbocycles. The van der Waals surface area contributed by atoms with Gasteiger partial charge in [-0.1, -0.05) is 49.4 Å². The van der Waals surface area contributed by atoms with Crippen molar-refractivity contribution in [3.63, 3.8) is 0 Å². The highest BCUT2D eigenvalue weighted by Crippen LogP contribution is 2.19. The van der Waals surface area contributed by atoms with Gasteiger partial charge in [-0.3, -0.25) is 4.79 Å². The van der Waals surface area contributed by atoms with Crippen LogP contribution in [0.2, 0.25) is 0 Å². The topological polar surface area (TPSA) is 63.2 Å². The number of carbonyl (C=O) groups excluding carboxylic acids is 1. The minimum atomic E-state index is -3.45. The van der Waals surface area contributed by atoms with E-state index in [-0.39, 0.29) is 28.2 Å². The number of rotatable bonds is 6. The number of nitrogens with one attached hydrogen (secondary N) is 1. The maximum Gasteiger partial charge on any atom is 0.253 e. The normalized spacial score (nSPS) is 12.6. The lowest BCUT2D eigenvalue weighted by Gasteiger charge is -2.16. The first kappa shape index (κ1) is 17.2. The molecule has 0 radical (unpaired) electrons. The number of hydrogen-bond acceptors (Lipinski definition) is 3. The van der Waals surface area contributed by atoms with Crippen molar-refractivity contribution in [2.45, 2.75) is 31.2 Å². The highest BCUT2D eigenvalue weighted by atomic mass is 32.2. The summed E-state index contributed by atoms with van der Waals surface area (Å²) in [5.74, 6) is -0.345. The Bertz CT molecular complexity index is 770. The van der Waals surface area contributed by atoms with Crippen LogP contribution < -0.4 is 5.32 Å². The van der Waals surface area contributed by atoms with Crippen LogP contribution in [0.25, 0.3) is 0 Å². The van der Waals surface area contributed by atoms with Gasteiger partial charge in [-0.05, 0) is 31.0 Å². The first-order valence-electron chi connectivity index (χ1n) is 7.63. The van der Waals surface area contributed by atoms with Crippen molar-refractivity contribution in [2.24, 2.45) is 0 Å². The summed E-state index contributed by atoms with van der Waals surface area (Å²) in [7, 11) is -3.45. The van der Waals surface area contributed by atoms with Gasteiger partial charge in [0.1, 0.15) is 0 Å². The van der Waals surface area contributed by atoms with Crippen LogP contribution in [0.4, 0.5) is 0 Å². The summed E-state index contributed by atoms with van der Waals surface area (Å²) < 4.78 is 24.7. The van der Waals surface area contributed by atoms with Gasteiger partial charge in [0.25, 0.3) is 5.91 Å². The molecule has 1 unspecified atom stereocenters. The van der Waals surface area contributed by atoms with Crippen LogP contribution in [0.15, 0.2) is 59.5 Å². The van der Waals surface area contributed by atoms with Crippen LogP contribution in [0.1, 0.15) is 42.2 Å². The van der Waals surface area contributed by atoms with Crippen LogP contribution in [0, 0.1) is 0 Å². The van der Waals surface area contributed by atoms with E-state index in [4.69, 9.17) is 0 Å². The summed E-state index contributed by atoms with van der Waals surface area (Å²) in [6, 6.07) is 15.7. The molecule has 0 aromatic heterocycles. The molecule has 0 heterocycles. The third-order valence-electron chi connectivity index (χ3n) is 3.59. The van der Waals surface area contributed by atoms with Gasteiger partial charge in [0.15, 0.2) is 9.84 Å². The first-order chi connectivity index (χ1) is 11.0. The molecule has 0 bridgehead atoms. The molecule has 0 saturated heterocycles. The molecule has 23 heavy (non-hydrogen) atoms. The molecule has 0 spiro atoms. The van der Waals surface area contributed by atoms with E-state index in [9.17, 15) is 13.2 Å². The lowest BCUT2D eigenvalue weighted by molar-refractivity contribution is 0.0936. The Morgan fingerprint density at radius 2 is 1.65 bits per heavy atom. The van der Waals surface area contributed by atoms with E-state index in [0.29, 0.717) is 6.42 Å². The van der Waals surface area contributed by atoms with E-state index in [1.807, 2.05) is 37.3 Å². The fourth-order valence-corrected chi connectivity index (χ4v) is 3.94. The SMILES string of the molecule is CCCS(=O)(=O)c1ccccc1C(=O)NC(C)c1ccccc1. The number of sulfone groups is 1. The molecule has 0 saturated carbocycles. The summed E-state index contributed by atoms with van der Waals surface area (Å²) in [6.07, 6.45) is 0.513. The van der Waals surface area contributed by atoms with Crippen molar-refractivity contribution >= 4 is 15.7 Å². The van der Waals surface area contributed by atoms with E-state index >= 15 is 0 Å². The van der Waals surface area contributed by atoms with Gasteiger partial charge >= 0.3 is 0 Å². The Kier molecular flexibility index (Phi) is 5.55. The third kappa shape index (κ3) is 4.20. The van der Waals surface area contributed by atoms with E-state index in [1.165, 1.54) is 6.07 Å². The Morgan fingerprint density at radius 1 is 1.04 bits per heavy atom. The lowest BCUT2D eigenvalue weighted by Crippen LogP contribution is -2.28. The molecule has 122 valence electrons. The number of benzene rings is 2. The molecule has 5 heteroatoms. The third-order valence-corrected chi connectivity index (χ3v) is 5.56. The van der Waals surface area contributed by atoms with Crippen molar-refractivity contribution in [1.29, 1.82) is 0 Å². The van der Waals surface area contributed by atoms with E-state index in [0.717, 1.165) is 5.56 Å². The largest absolute Gasteiger partial charge is 0.345 e. The predicted molar refractivity (Wildman–Crippen MR) is 91.1 cm³/mol. The molecule has 0 fully saturated rings. The quantitative estimate of drug-likeness (QED) is 0.883. The summed E-state index contributed by atoms with van der Waals surface area (Å²) in [4.78, 5) is 12.6. The highest BCUT2D eigenvalue weighted by Gasteiger charge is 2.22. The zero-order valence-electron chi connectivity index (χ0n) is 13.3. The van der Waals surface area contributed by atoms with Crippen LogP contribution in [0.5, 0.6) is 0 Å². The van der Waals surface area contributed by atoms with Gasteiger partial charge in [-0.15, -0.1) is 0 Å². The fraction of sp³-hybridized carbons (Fsp3) is 0.278. The van der Waals surface area contributed by atoms with Gasteiger partial charge in [-0.2, -0.15) is 0 Å². The Labute approximate surface area is 137 Å². The molecular weight excluding hydrogens is 310 g/mol. The molecule has 2 aromatic carbocycles. The van der Waals surface area contributed by atoms with Crippen molar-refractivity contribution in [3.8, 4) is 0 Å². The molecule has 2 rings (SSSR count). The number of carbonyl (C=O) groups is 1. The van der Waals surface area contributed by atoms with E-state index in [1.54, 1.807) is 25.1 Å². The summed E-state index contributed by atoms with van der Waals surface area (Å²) in [6.45, 7) is 3.67. The van der Waals surface area contributed by atoms with Crippen LogP contribution in [-0.4, -0.2) is 20.1 Å². The molecule has 1 N–H and O–H groups in total. The molecule has 1 atom stereocenters. The van der Waals surface area contributed by atoms with Gasteiger partial charge < -0.3 is 5.32 Å². The zero-order chi connectivity index (χ0) is 16.9. The van der Waals surface area contributed by atoms with Crippen molar-refractivity contribution in [2.75, 3.05) is 5.75 Å². The number of amides is 1. The van der Waals surface area contributed by atoms with Gasteiger partial charge in [-0.25, -0.2) is 8.42 Å². The number of hydrogen-bond donors (Lipinski definition) is 1. The summed E-state index contributed by atoms with van der Waals surface area (Å²) >= 11 is 0. The van der Waals surface area contributed by atoms with Gasteiger partial charge in [0.05, 0.1) is 22.3 Å². The monoisotopic (exact) mass is 331 g/mol. The van der Waals surface area contributed by atoms with Crippen LogP contribution >= 0.6 is 0 Å². The minimum Gasteiger partial charge on any atom is -0.345 e. The van der Waals surface area contributed by atoms with Gasteiger partial charge in [0, 0.05) is 0 Å². The van der Waals surface area contributed by atoms with Crippen molar-refractivity contribution in [3.05, 3.63) is 65.7 Å². The molecular formula is C18H21NO3S. The van der Waals surface area contributed by atoms with Crippen LogP contribution in [0.3, 0.4) is 0 Å². The summed E-state index contributed by atoms with van der Waals surface area (Å²) in [5.41, 5.74) is 1.17. The Hall–Kier alpha value is -2.14. The minimum absolute atomic E-state index is 0.0333. The Morgan fingerprint density at radius 3 is 2.30 bits per heavy atom. The van der Waals surface area contributed by atoms with E-state index in [2.05, 4.69) is 5.32 Å². The second kappa shape index (κ2) is 7.42. The van der Waals surface area contributed by atoms with E-state index < -0.39 is 9.84 Å². The van der Waals surface area contributed by atoms with Crippen molar-refractivity contribution in [1.82, 2.24) is 5.32 Å². The second-order valence-corrected chi connectivity index (χ2v) is 7.50. The molecule has 0 aliphatic rings. The first-order valence-corrected chi connectivity index (χ1v) is 9.28. The average Bonchev–Trinajstić information content (AvgIpc) is 2.55. The highest BCUT2D eigenvalue weighted by molar-refractivity contribution is 7.91. The fourth-order valence-electron chi connectivity index (χ4n) is 2.40. The molecule has 1 amide bonds. The standard InChI is InChI=1S/C18H21NO3S/c1-3-13-23(21,22)17-12-8-7-11-16(17)18(20)19-14(2)15-9-5-4-6-10-15/h4-12,14H,3,13H2,1-2H3,(H,19,20). The molecule has 2 aromatic rings.